The molecule has 0 unspecified atom stereocenters. The molecule has 0 atom stereocenters. The first-order chi connectivity index (χ1) is 7.99. The van der Waals surface area contributed by atoms with E-state index in [0.717, 1.165) is 17.5 Å². The number of carbonyl (C=O) groups excluding carboxylic acids is 1. The van der Waals surface area contributed by atoms with Crippen molar-refractivity contribution in [1.29, 1.82) is 0 Å². The van der Waals surface area contributed by atoms with Crippen LogP contribution in [0, 0.1) is 5.41 Å². The lowest BCUT2D eigenvalue weighted by atomic mass is 9.89. The van der Waals surface area contributed by atoms with Crippen LogP contribution in [-0.4, -0.2) is 11.0 Å². The molecule has 0 spiro atoms. The predicted octanol–water partition coefficient (Wildman–Crippen LogP) is 2.23. The smallest absolute Gasteiger partial charge is 0.225 e. The minimum atomic E-state index is -0.325. The van der Waals surface area contributed by atoms with E-state index in [1.807, 2.05) is 45.0 Å². The minimum Gasteiger partial charge on any atom is -0.392 e. The number of nitrogens with one attached hydrogen (secondary N) is 1. The van der Waals surface area contributed by atoms with Crippen molar-refractivity contribution in [2.24, 2.45) is 5.41 Å². The topological polar surface area (TPSA) is 49.3 Å². The molecular formula is C14H21NO2. The van der Waals surface area contributed by atoms with Crippen LogP contribution >= 0.6 is 0 Å². The summed E-state index contributed by atoms with van der Waals surface area (Å²) in [6.45, 7) is 6.42. The molecule has 0 saturated heterocycles. The van der Waals surface area contributed by atoms with Gasteiger partial charge in [-0.2, -0.15) is 0 Å². The highest BCUT2D eigenvalue weighted by Crippen LogP contribution is 2.19. The van der Waals surface area contributed by atoms with Gasteiger partial charge in [0.1, 0.15) is 0 Å². The summed E-state index contributed by atoms with van der Waals surface area (Å²) in [6.07, 6.45) is 0.815. The van der Waals surface area contributed by atoms with Gasteiger partial charge in [-0.05, 0) is 17.5 Å². The summed E-state index contributed by atoms with van der Waals surface area (Å²) in [7, 11) is 0. The maximum Gasteiger partial charge on any atom is 0.225 e. The monoisotopic (exact) mass is 235 g/mol. The summed E-state index contributed by atoms with van der Waals surface area (Å²) in [5.41, 5.74) is 1.55. The van der Waals surface area contributed by atoms with E-state index in [1.54, 1.807) is 0 Å². The Morgan fingerprint density at radius 3 is 2.59 bits per heavy atom. The fourth-order valence-electron chi connectivity index (χ4n) is 1.42. The highest BCUT2D eigenvalue weighted by atomic mass is 16.3. The Morgan fingerprint density at radius 2 is 2.00 bits per heavy atom. The van der Waals surface area contributed by atoms with Crippen molar-refractivity contribution in [3.63, 3.8) is 0 Å². The zero-order valence-electron chi connectivity index (χ0n) is 10.8. The van der Waals surface area contributed by atoms with Gasteiger partial charge in [-0.15, -0.1) is 0 Å². The van der Waals surface area contributed by atoms with Crippen molar-refractivity contribution in [2.45, 2.75) is 40.3 Å². The summed E-state index contributed by atoms with van der Waals surface area (Å²) in [6, 6.07) is 7.59. The molecule has 1 aromatic carbocycles. The summed E-state index contributed by atoms with van der Waals surface area (Å²) in [5.74, 6) is 0.0643. The van der Waals surface area contributed by atoms with E-state index in [1.165, 1.54) is 0 Å². The average molecular weight is 235 g/mol. The minimum absolute atomic E-state index is 0.0300. The predicted molar refractivity (Wildman–Crippen MR) is 68.3 cm³/mol. The van der Waals surface area contributed by atoms with Crippen LogP contribution in [0.25, 0.3) is 0 Å². The van der Waals surface area contributed by atoms with Crippen molar-refractivity contribution < 1.29 is 9.90 Å². The first-order valence-corrected chi connectivity index (χ1v) is 5.96. The number of aliphatic hydroxyl groups excluding tert-OH is 1. The molecule has 1 rings (SSSR count). The van der Waals surface area contributed by atoms with Crippen LogP contribution in [0.4, 0.5) is 0 Å². The van der Waals surface area contributed by atoms with Crippen LogP contribution in [0.15, 0.2) is 24.3 Å². The molecule has 3 nitrogen and oxygen atoms in total. The summed E-state index contributed by atoms with van der Waals surface area (Å²) in [5, 5.41) is 11.9. The second-order valence-electron chi connectivity index (χ2n) is 4.90. The van der Waals surface area contributed by atoms with Gasteiger partial charge >= 0.3 is 0 Å². The number of hydrogen-bond donors (Lipinski definition) is 2. The fraction of sp³-hybridized carbons (Fsp3) is 0.500. The third-order valence-electron chi connectivity index (χ3n) is 3.13. The molecule has 0 fully saturated rings. The SMILES string of the molecule is CCC(C)(C)C(=O)NCc1cccc(CO)c1. The highest BCUT2D eigenvalue weighted by molar-refractivity contribution is 5.81. The van der Waals surface area contributed by atoms with Crippen LogP contribution in [0.5, 0.6) is 0 Å². The van der Waals surface area contributed by atoms with Gasteiger partial charge in [0, 0.05) is 12.0 Å². The summed E-state index contributed by atoms with van der Waals surface area (Å²) >= 11 is 0. The van der Waals surface area contributed by atoms with Crippen molar-refractivity contribution >= 4 is 5.91 Å². The maximum absolute atomic E-state index is 11.9. The van der Waals surface area contributed by atoms with Gasteiger partial charge in [0.2, 0.25) is 5.91 Å². The molecule has 1 amide bonds. The molecule has 0 bridgehead atoms. The third-order valence-corrected chi connectivity index (χ3v) is 3.13. The number of hydrogen-bond acceptors (Lipinski definition) is 2. The Hall–Kier alpha value is -1.35. The molecule has 0 aliphatic heterocycles. The second kappa shape index (κ2) is 5.82. The lowest BCUT2D eigenvalue weighted by molar-refractivity contribution is -0.129. The van der Waals surface area contributed by atoms with Gasteiger partial charge in [0.25, 0.3) is 0 Å². The van der Waals surface area contributed by atoms with E-state index in [9.17, 15) is 4.79 Å². The molecule has 3 heteroatoms. The van der Waals surface area contributed by atoms with Crippen LogP contribution in [0.1, 0.15) is 38.3 Å². The van der Waals surface area contributed by atoms with Crippen molar-refractivity contribution in [2.75, 3.05) is 0 Å². The molecule has 0 aliphatic rings. The van der Waals surface area contributed by atoms with Crippen LogP contribution < -0.4 is 5.32 Å². The van der Waals surface area contributed by atoms with Gasteiger partial charge in [0.15, 0.2) is 0 Å². The van der Waals surface area contributed by atoms with Crippen LogP contribution in [0.3, 0.4) is 0 Å². The number of amides is 1. The number of carbonyl (C=O) groups is 1. The average Bonchev–Trinajstić information content (AvgIpc) is 2.36. The molecule has 0 radical (unpaired) electrons. The molecule has 0 aromatic heterocycles. The van der Waals surface area contributed by atoms with E-state index < -0.39 is 0 Å². The normalized spacial score (nSPS) is 11.3. The van der Waals surface area contributed by atoms with E-state index in [4.69, 9.17) is 5.11 Å². The largest absolute Gasteiger partial charge is 0.392 e. The van der Waals surface area contributed by atoms with E-state index in [0.29, 0.717) is 6.54 Å². The van der Waals surface area contributed by atoms with Gasteiger partial charge in [0.05, 0.1) is 6.61 Å². The second-order valence-corrected chi connectivity index (χ2v) is 4.90. The molecular weight excluding hydrogens is 214 g/mol. The fourth-order valence-corrected chi connectivity index (χ4v) is 1.42. The Balaban J connectivity index is 2.58. The standard InChI is InChI=1S/C14H21NO2/c1-4-14(2,3)13(17)15-9-11-6-5-7-12(8-11)10-16/h5-8,16H,4,9-10H2,1-3H3,(H,15,17). The number of rotatable bonds is 5. The summed E-state index contributed by atoms with van der Waals surface area (Å²) in [4.78, 5) is 11.9. The highest BCUT2D eigenvalue weighted by Gasteiger charge is 2.24. The van der Waals surface area contributed by atoms with Crippen LogP contribution in [-0.2, 0) is 17.9 Å². The zero-order valence-corrected chi connectivity index (χ0v) is 10.8. The third kappa shape index (κ3) is 3.86. The molecule has 1 aromatic rings. The van der Waals surface area contributed by atoms with Gasteiger partial charge < -0.3 is 10.4 Å². The quantitative estimate of drug-likeness (QED) is 0.822. The first kappa shape index (κ1) is 13.7. The van der Waals surface area contributed by atoms with E-state index in [-0.39, 0.29) is 17.9 Å². The number of benzene rings is 1. The van der Waals surface area contributed by atoms with Crippen molar-refractivity contribution in [1.82, 2.24) is 5.32 Å². The van der Waals surface area contributed by atoms with Gasteiger partial charge in [-0.3, -0.25) is 4.79 Å². The molecule has 0 saturated carbocycles. The lowest BCUT2D eigenvalue weighted by Crippen LogP contribution is -2.36. The molecule has 0 aliphatic carbocycles. The van der Waals surface area contributed by atoms with Crippen molar-refractivity contribution in [3.8, 4) is 0 Å². The zero-order chi connectivity index (χ0) is 12.9. The number of aliphatic hydroxyl groups is 1. The van der Waals surface area contributed by atoms with Gasteiger partial charge in [-0.25, -0.2) is 0 Å². The first-order valence-electron chi connectivity index (χ1n) is 5.96. The van der Waals surface area contributed by atoms with E-state index >= 15 is 0 Å². The molecule has 0 heterocycles. The van der Waals surface area contributed by atoms with Gasteiger partial charge in [-0.1, -0.05) is 45.0 Å². The lowest BCUT2D eigenvalue weighted by Gasteiger charge is -2.21. The maximum atomic E-state index is 11.9. The van der Waals surface area contributed by atoms with Crippen LogP contribution in [0.2, 0.25) is 0 Å². The van der Waals surface area contributed by atoms with Crippen molar-refractivity contribution in [3.05, 3.63) is 35.4 Å². The Morgan fingerprint density at radius 1 is 1.35 bits per heavy atom. The Labute approximate surface area is 103 Å². The Bertz CT molecular complexity index is 386. The molecule has 17 heavy (non-hydrogen) atoms. The Kier molecular flexibility index (Phi) is 4.70. The summed E-state index contributed by atoms with van der Waals surface area (Å²) < 4.78 is 0. The van der Waals surface area contributed by atoms with E-state index in [2.05, 4.69) is 5.32 Å². The molecule has 2 N–H and O–H groups in total. The molecule has 94 valence electrons.